The molecule has 15 atom stereocenters. The molecule has 43 heavy (non-hydrogen) atoms. The molecule has 0 aromatic carbocycles. The molecule has 4 saturated carbocycles. The van der Waals surface area contributed by atoms with Crippen LogP contribution in [0.15, 0.2) is 16.6 Å². The molecule has 3 saturated heterocycles. The molecule has 11 nitrogen and oxygen atoms in total. The minimum atomic E-state index is -1.79. The van der Waals surface area contributed by atoms with Crippen LogP contribution in [0.25, 0.3) is 0 Å². The normalized spacial score (nSPS) is 61.2. The van der Waals surface area contributed by atoms with Crippen LogP contribution >= 0.6 is 11.8 Å². The van der Waals surface area contributed by atoms with Gasteiger partial charge in [-0.1, -0.05) is 6.92 Å². The monoisotopic (exact) mass is 617 g/mol. The number of aliphatic hydroxyl groups excluding tert-OH is 1. The average molecular weight is 618 g/mol. The van der Waals surface area contributed by atoms with Crippen LogP contribution in [-0.2, 0) is 33.3 Å². The minimum Gasteiger partial charge on any atom is -0.458 e. The molecule has 0 bridgehead atoms. The summed E-state index contributed by atoms with van der Waals surface area (Å²) < 4.78 is 31.0. The van der Waals surface area contributed by atoms with Gasteiger partial charge in [-0.2, -0.15) is 0 Å². The fraction of sp³-hybridized carbons (Fsp3) is 0.839. The molecular weight excluding hydrogens is 578 g/mol. The number of carbonyl (C=O) groups is 2. The number of fused-ring (bicyclic) bond motifs is 6. The Morgan fingerprint density at radius 1 is 1.07 bits per heavy atom. The number of thioether (sulfide) groups is 1. The fourth-order valence-corrected chi connectivity index (χ4v) is 12.6. The zero-order valence-corrected chi connectivity index (χ0v) is 25.4. The van der Waals surface area contributed by atoms with Crippen molar-refractivity contribution in [3.63, 3.8) is 0 Å². The second kappa shape index (κ2) is 8.31. The number of ether oxygens (including phenoxy) is 5. The summed E-state index contributed by atoms with van der Waals surface area (Å²) >= 11 is 1.53. The maximum atomic E-state index is 14.4. The summed E-state index contributed by atoms with van der Waals surface area (Å²) in [6.45, 7) is 5.87. The van der Waals surface area contributed by atoms with E-state index < -0.39 is 74.8 Å². The molecule has 7 fully saturated rings. The Labute approximate surface area is 253 Å². The van der Waals surface area contributed by atoms with Gasteiger partial charge < -0.3 is 39.0 Å². The highest BCUT2D eigenvalue weighted by atomic mass is 32.2. The van der Waals surface area contributed by atoms with Crippen LogP contribution < -0.4 is 0 Å². The average Bonchev–Trinajstić information content (AvgIpc) is 3.21. The maximum absolute atomic E-state index is 14.4. The van der Waals surface area contributed by atoms with Gasteiger partial charge >= 0.3 is 5.97 Å². The summed E-state index contributed by atoms with van der Waals surface area (Å²) in [5, 5.41) is 36.8. The van der Waals surface area contributed by atoms with Gasteiger partial charge in [-0.15, -0.1) is 11.8 Å². The number of Topliss-reactive ketones (excluding diaryl/α,β-unsaturated/α-hetero) is 1. The van der Waals surface area contributed by atoms with Crippen molar-refractivity contribution in [3.8, 4) is 0 Å². The van der Waals surface area contributed by atoms with Crippen molar-refractivity contribution in [1.82, 2.24) is 0 Å². The molecule has 234 valence electrons. The number of aliphatic hydroxyl groups is 3. The van der Waals surface area contributed by atoms with Crippen LogP contribution in [0.5, 0.6) is 0 Å². The molecule has 12 heteroatoms. The van der Waals surface area contributed by atoms with Crippen molar-refractivity contribution in [2.75, 3.05) is 12.4 Å². The summed E-state index contributed by atoms with van der Waals surface area (Å²) in [6, 6.07) is 0. The van der Waals surface area contributed by atoms with Crippen molar-refractivity contribution in [3.05, 3.63) is 11.6 Å². The number of hydrogen-bond acceptors (Lipinski definition) is 12. The Kier molecular flexibility index (Phi) is 5.39. The Morgan fingerprint density at radius 3 is 2.60 bits per heavy atom. The molecule has 0 amide bonds. The Balaban J connectivity index is 1.08. The van der Waals surface area contributed by atoms with E-state index in [1.807, 2.05) is 6.92 Å². The third-order valence-corrected chi connectivity index (χ3v) is 14.6. The predicted molar refractivity (Wildman–Crippen MR) is 150 cm³/mol. The SMILES string of the molecule is C[C@@H]1C[C@@]2(N=CCS2)[C@]2(O)O[C@@H]3C[C@@]4(C)[C@@H](C[C@@H]5O[C@]56[C@@H]4[C@H](O)C(=O)[C@]4(C)[C@@H](C5=CC(=O)OC5)CC[C@]64O)C[C@H]3O[C@@H]2O1. The molecule has 0 unspecified atom stereocenters. The summed E-state index contributed by atoms with van der Waals surface area (Å²) in [4.78, 5) is 30.1. The fourth-order valence-electron chi connectivity index (χ4n) is 11.3. The van der Waals surface area contributed by atoms with E-state index in [0.717, 1.165) is 0 Å². The first-order valence-corrected chi connectivity index (χ1v) is 16.7. The maximum Gasteiger partial charge on any atom is 0.331 e. The lowest BCUT2D eigenvalue weighted by Gasteiger charge is -2.65. The van der Waals surface area contributed by atoms with Gasteiger partial charge in [0.2, 0.25) is 6.29 Å². The third kappa shape index (κ3) is 3.02. The minimum absolute atomic E-state index is 0.0270. The lowest BCUT2D eigenvalue weighted by atomic mass is 9.41. The molecule has 2 spiro atoms. The van der Waals surface area contributed by atoms with Gasteiger partial charge in [0.1, 0.15) is 23.9 Å². The summed E-state index contributed by atoms with van der Waals surface area (Å²) in [6.07, 6.45) is 2.48. The van der Waals surface area contributed by atoms with Crippen LogP contribution in [0, 0.1) is 28.6 Å². The number of rotatable bonds is 1. The second-order valence-corrected chi connectivity index (χ2v) is 16.3. The summed E-state index contributed by atoms with van der Waals surface area (Å²) in [7, 11) is 0. The van der Waals surface area contributed by atoms with Crippen molar-refractivity contribution in [2.24, 2.45) is 33.6 Å². The van der Waals surface area contributed by atoms with Gasteiger partial charge in [0, 0.05) is 30.4 Å². The summed E-state index contributed by atoms with van der Waals surface area (Å²) in [5.41, 5.74) is -3.91. The van der Waals surface area contributed by atoms with Crippen molar-refractivity contribution in [2.45, 2.75) is 118 Å². The number of hydrogen-bond donors (Lipinski definition) is 3. The standard InChI is InChI=1S/C31H39NO10S/c1-14-11-29(32-6-7-43-29)31(37)25(39-14)40-18-9-16-10-20-30(42-20)23(26(16,2)12-19(18)41-31)22(34)24(35)27(3)17(4-5-28(27,30)36)15-8-21(33)38-13-15/h6,8,14,16-20,22-23,25,34,36-37H,4-5,7,9-13H2,1-3H3/t14-,16-,17-,18-,19-,20+,22+,23-,25+,26+,27+,28-,29+,30+,31-/m1/s1. The first-order valence-electron chi connectivity index (χ1n) is 15.7. The molecular formula is C31H39NO10S. The number of cyclic esters (lactones) is 1. The molecule has 5 heterocycles. The number of nitrogens with zero attached hydrogens (tertiary/aromatic N) is 1. The molecule has 0 radical (unpaired) electrons. The second-order valence-electron chi connectivity index (χ2n) is 15.0. The molecule has 0 aromatic heterocycles. The van der Waals surface area contributed by atoms with Crippen LogP contribution in [0.3, 0.4) is 0 Å². The quantitative estimate of drug-likeness (QED) is 0.221. The molecule has 5 aliphatic heterocycles. The van der Waals surface area contributed by atoms with E-state index in [4.69, 9.17) is 28.7 Å². The number of ketones is 1. The van der Waals surface area contributed by atoms with E-state index in [1.54, 1.807) is 13.1 Å². The lowest BCUT2D eigenvalue weighted by molar-refractivity contribution is -0.446. The third-order valence-electron chi connectivity index (χ3n) is 13.3. The van der Waals surface area contributed by atoms with Gasteiger partial charge in [-0.3, -0.25) is 9.79 Å². The highest BCUT2D eigenvalue weighted by Gasteiger charge is 2.89. The van der Waals surface area contributed by atoms with Crippen molar-refractivity contribution < 1.29 is 48.6 Å². The highest BCUT2D eigenvalue weighted by molar-refractivity contribution is 8.01. The van der Waals surface area contributed by atoms with E-state index in [2.05, 4.69) is 6.92 Å². The number of carbonyl (C=O) groups excluding carboxylic acids is 2. The first kappa shape index (κ1) is 27.9. The lowest BCUT2D eigenvalue weighted by Crippen LogP contribution is -2.77. The predicted octanol–water partition coefficient (Wildman–Crippen LogP) is 1.26. The van der Waals surface area contributed by atoms with E-state index in [0.29, 0.717) is 49.9 Å². The zero-order chi connectivity index (χ0) is 29.9. The topological polar surface area (TPSA) is 157 Å². The van der Waals surface area contributed by atoms with Crippen LogP contribution in [0.1, 0.15) is 59.3 Å². The number of epoxide rings is 1. The highest BCUT2D eigenvalue weighted by Crippen LogP contribution is 2.77. The van der Waals surface area contributed by atoms with Gasteiger partial charge in [0.25, 0.3) is 5.79 Å². The molecule has 3 N–H and O–H groups in total. The Bertz CT molecular complexity index is 1390. The molecule has 0 aromatic rings. The Hall–Kier alpha value is -1.38. The number of aliphatic imine (C=N–C) groups is 1. The zero-order valence-electron chi connectivity index (χ0n) is 24.6. The van der Waals surface area contributed by atoms with E-state index >= 15 is 0 Å². The van der Waals surface area contributed by atoms with Gasteiger partial charge in [-0.05, 0) is 68.8 Å². The van der Waals surface area contributed by atoms with Crippen LogP contribution in [0.4, 0.5) is 0 Å². The molecule has 4 aliphatic carbocycles. The van der Waals surface area contributed by atoms with Crippen molar-refractivity contribution in [1.29, 1.82) is 0 Å². The molecule has 9 rings (SSSR count). The molecule has 9 aliphatic rings. The van der Waals surface area contributed by atoms with Gasteiger partial charge in [0.05, 0.1) is 29.8 Å². The van der Waals surface area contributed by atoms with Crippen LogP contribution in [0.2, 0.25) is 0 Å². The van der Waals surface area contributed by atoms with Crippen LogP contribution in [-0.4, -0.2) is 104 Å². The largest absolute Gasteiger partial charge is 0.458 e. The summed E-state index contributed by atoms with van der Waals surface area (Å²) in [5.74, 6) is -3.06. The van der Waals surface area contributed by atoms with E-state index in [-0.39, 0.29) is 30.8 Å². The number of esters is 1. The smallest absolute Gasteiger partial charge is 0.331 e. The van der Waals surface area contributed by atoms with Gasteiger partial charge in [-0.25, -0.2) is 4.79 Å². The van der Waals surface area contributed by atoms with Crippen molar-refractivity contribution >= 4 is 29.7 Å². The van der Waals surface area contributed by atoms with Gasteiger partial charge in [0.15, 0.2) is 10.7 Å². The van der Waals surface area contributed by atoms with E-state index in [9.17, 15) is 24.9 Å². The Morgan fingerprint density at radius 2 is 1.88 bits per heavy atom. The first-order chi connectivity index (χ1) is 20.3. The van der Waals surface area contributed by atoms with E-state index in [1.165, 1.54) is 17.8 Å².